The second-order valence-electron chi connectivity index (χ2n) is 6.15. The number of halogens is 3. The van der Waals surface area contributed by atoms with Crippen molar-refractivity contribution in [3.8, 4) is 0 Å². The summed E-state index contributed by atoms with van der Waals surface area (Å²) in [5, 5.41) is 0. The number of carbonyl (C=O) groups is 2. The van der Waals surface area contributed by atoms with E-state index >= 15 is 0 Å². The average molecular weight is 408 g/mol. The number of hydrogen-bond donors (Lipinski definition) is 1. The smallest absolute Gasteiger partial charge is 0.417 e. The molecule has 0 unspecified atom stereocenters. The van der Waals surface area contributed by atoms with Crippen LogP contribution in [-0.4, -0.2) is 43.8 Å². The molecule has 1 aliphatic heterocycles. The average Bonchev–Trinajstić information content (AvgIpc) is 2.61. The van der Waals surface area contributed by atoms with Gasteiger partial charge in [0.2, 0.25) is 10.0 Å². The van der Waals surface area contributed by atoms with Crippen LogP contribution in [0.1, 0.15) is 25.3 Å². The number of nitrogens with zero attached hydrogens (tertiary/aromatic N) is 1. The van der Waals surface area contributed by atoms with E-state index in [4.69, 9.17) is 10.5 Å². The molecule has 0 radical (unpaired) electrons. The highest BCUT2D eigenvalue weighted by Gasteiger charge is 2.40. The Morgan fingerprint density at radius 2 is 1.78 bits per heavy atom. The highest BCUT2D eigenvalue weighted by molar-refractivity contribution is 7.89. The molecule has 150 valence electrons. The van der Waals surface area contributed by atoms with E-state index in [-0.39, 0.29) is 25.9 Å². The van der Waals surface area contributed by atoms with E-state index in [2.05, 4.69) is 0 Å². The molecule has 0 aromatic heterocycles. The van der Waals surface area contributed by atoms with Crippen molar-refractivity contribution in [2.75, 3.05) is 13.1 Å². The summed E-state index contributed by atoms with van der Waals surface area (Å²) in [7, 11) is -4.37. The van der Waals surface area contributed by atoms with Gasteiger partial charge in [-0.25, -0.2) is 8.42 Å². The van der Waals surface area contributed by atoms with Gasteiger partial charge in [0, 0.05) is 13.1 Å². The fourth-order valence-electron chi connectivity index (χ4n) is 2.73. The van der Waals surface area contributed by atoms with Gasteiger partial charge >= 0.3 is 12.1 Å². The molecular formula is C16H19F3N2O5S. The van der Waals surface area contributed by atoms with Gasteiger partial charge in [-0.15, -0.1) is 0 Å². The number of alkyl halides is 3. The van der Waals surface area contributed by atoms with E-state index in [9.17, 15) is 31.2 Å². The normalized spacial score (nSPS) is 18.1. The molecule has 0 bridgehead atoms. The molecule has 0 aliphatic carbocycles. The first-order chi connectivity index (χ1) is 12.4. The highest BCUT2D eigenvalue weighted by atomic mass is 32.2. The van der Waals surface area contributed by atoms with E-state index in [0.717, 1.165) is 16.4 Å². The number of ether oxygens (including phenoxy) is 1. The van der Waals surface area contributed by atoms with E-state index in [1.807, 2.05) is 0 Å². The Morgan fingerprint density at radius 3 is 2.30 bits per heavy atom. The van der Waals surface area contributed by atoms with Crippen LogP contribution >= 0.6 is 0 Å². The third-order valence-electron chi connectivity index (χ3n) is 4.29. The zero-order chi connectivity index (χ0) is 20.4. The first-order valence-corrected chi connectivity index (χ1v) is 9.54. The first-order valence-electron chi connectivity index (χ1n) is 8.10. The minimum Gasteiger partial charge on any atom is -0.452 e. The lowest BCUT2D eigenvalue weighted by Crippen LogP contribution is -2.42. The largest absolute Gasteiger partial charge is 0.452 e. The Balaban J connectivity index is 2.12. The number of carbonyl (C=O) groups excluding carboxylic acids is 2. The molecule has 0 saturated carbocycles. The van der Waals surface area contributed by atoms with Gasteiger partial charge in [0.25, 0.3) is 5.91 Å². The molecule has 11 heteroatoms. The number of rotatable bonds is 5. The Kier molecular flexibility index (Phi) is 6.15. The Hall–Kier alpha value is -2.14. The molecule has 1 saturated heterocycles. The highest BCUT2D eigenvalue weighted by Crippen LogP contribution is 2.36. The van der Waals surface area contributed by atoms with Crippen molar-refractivity contribution in [2.45, 2.75) is 36.9 Å². The molecule has 7 nitrogen and oxygen atoms in total. The van der Waals surface area contributed by atoms with Gasteiger partial charge in [0.05, 0.1) is 16.4 Å². The quantitative estimate of drug-likeness (QED) is 0.744. The van der Waals surface area contributed by atoms with E-state index < -0.39 is 50.6 Å². The second kappa shape index (κ2) is 7.85. The van der Waals surface area contributed by atoms with Gasteiger partial charge in [0.1, 0.15) is 0 Å². The predicted molar refractivity (Wildman–Crippen MR) is 87.7 cm³/mol. The molecule has 2 N–H and O–H groups in total. The molecule has 2 rings (SSSR count). The van der Waals surface area contributed by atoms with Crippen molar-refractivity contribution in [1.29, 1.82) is 0 Å². The number of nitrogens with two attached hydrogens (primary N) is 1. The van der Waals surface area contributed by atoms with Crippen LogP contribution in [0.2, 0.25) is 0 Å². The van der Waals surface area contributed by atoms with E-state index in [0.29, 0.717) is 6.07 Å². The van der Waals surface area contributed by atoms with Crippen molar-refractivity contribution in [3.05, 3.63) is 29.8 Å². The fourth-order valence-corrected chi connectivity index (χ4v) is 4.41. The standard InChI is InChI=1S/C16H19F3N2O5S/c1-10(14(20)22)26-15(23)11-6-8-21(9-7-11)27(24,25)13-5-3-2-4-12(13)16(17,18)19/h2-5,10-11H,6-9H2,1H3,(H2,20,22)/t10-/m0/s1. The van der Waals surface area contributed by atoms with Crippen molar-refractivity contribution < 1.29 is 35.9 Å². The molecule has 1 fully saturated rings. The minimum atomic E-state index is -4.81. The predicted octanol–water partition coefficient (Wildman–Crippen LogP) is 1.52. The van der Waals surface area contributed by atoms with Crippen molar-refractivity contribution in [1.82, 2.24) is 4.31 Å². The molecule has 1 amide bonds. The molecule has 1 heterocycles. The van der Waals surface area contributed by atoms with E-state index in [1.165, 1.54) is 13.0 Å². The zero-order valence-electron chi connectivity index (χ0n) is 14.4. The Morgan fingerprint density at radius 1 is 1.22 bits per heavy atom. The maximum Gasteiger partial charge on any atom is 0.417 e. The number of hydrogen-bond acceptors (Lipinski definition) is 5. The van der Waals surface area contributed by atoms with Crippen LogP contribution < -0.4 is 5.73 Å². The maximum atomic E-state index is 13.1. The molecule has 1 aliphatic rings. The van der Waals surface area contributed by atoms with Gasteiger partial charge in [-0.2, -0.15) is 17.5 Å². The Labute approximate surface area is 154 Å². The fraction of sp³-hybridized carbons (Fsp3) is 0.500. The monoisotopic (exact) mass is 408 g/mol. The minimum absolute atomic E-state index is 0.0672. The summed E-state index contributed by atoms with van der Waals surface area (Å²) in [5.74, 6) is -2.16. The number of benzene rings is 1. The Bertz CT molecular complexity index is 818. The molecule has 1 aromatic carbocycles. The summed E-state index contributed by atoms with van der Waals surface area (Å²) >= 11 is 0. The number of sulfonamides is 1. The number of amides is 1. The third kappa shape index (κ3) is 4.78. The summed E-state index contributed by atoms with van der Waals surface area (Å²) in [6.07, 6.45) is -5.79. The molecule has 1 aromatic rings. The van der Waals surface area contributed by atoms with Gasteiger partial charge < -0.3 is 10.5 Å². The zero-order valence-corrected chi connectivity index (χ0v) is 15.2. The van der Waals surface area contributed by atoms with Crippen LogP contribution in [-0.2, 0) is 30.5 Å². The summed E-state index contributed by atoms with van der Waals surface area (Å²) < 4.78 is 70.5. The van der Waals surface area contributed by atoms with Crippen molar-refractivity contribution >= 4 is 21.9 Å². The molecule has 27 heavy (non-hydrogen) atoms. The van der Waals surface area contributed by atoms with Gasteiger partial charge in [-0.05, 0) is 31.9 Å². The van der Waals surface area contributed by atoms with Crippen molar-refractivity contribution in [3.63, 3.8) is 0 Å². The van der Waals surface area contributed by atoms with Gasteiger partial charge in [-0.3, -0.25) is 9.59 Å². The molecular weight excluding hydrogens is 389 g/mol. The number of primary amides is 1. The number of esters is 1. The lowest BCUT2D eigenvalue weighted by Gasteiger charge is -2.31. The van der Waals surface area contributed by atoms with Gasteiger partial charge in [0.15, 0.2) is 6.10 Å². The topological polar surface area (TPSA) is 107 Å². The summed E-state index contributed by atoms with van der Waals surface area (Å²) in [4.78, 5) is 22.1. The van der Waals surface area contributed by atoms with Crippen molar-refractivity contribution in [2.24, 2.45) is 11.7 Å². The van der Waals surface area contributed by atoms with Crippen LogP contribution in [0.5, 0.6) is 0 Å². The SMILES string of the molecule is C[C@H](OC(=O)C1CCN(S(=O)(=O)c2ccccc2C(F)(F)F)CC1)C(N)=O. The number of piperidine rings is 1. The third-order valence-corrected chi connectivity index (χ3v) is 6.25. The second-order valence-corrected chi connectivity index (χ2v) is 8.06. The van der Waals surface area contributed by atoms with E-state index in [1.54, 1.807) is 0 Å². The van der Waals surface area contributed by atoms with Crippen LogP contribution in [0.15, 0.2) is 29.2 Å². The van der Waals surface area contributed by atoms with Gasteiger partial charge in [-0.1, -0.05) is 12.1 Å². The maximum absolute atomic E-state index is 13.1. The summed E-state index contributed by atoms with van der Waals surface area (Å²) in [6, 6.07) is 3.96. The van der Waals surface area contributed by atoms with Crippen LogP contribution in [0, 0.1) is 5.92 Å². The van der Waals surface area contributed by atoms with Crippen LogP contribution in [0.4, 0.5) is 13.2 Å². The summed E-state index contributed by atoms with van der Waals surface area (Å²) in [5.41, 5.74) is 3.78. The lowest BCUT2D eigenvalue weighted by molar-refractivity contribution is -0.159. The molecule has 0 spiro atoms. The first kappa shape index (κ1) is 21.2. The lowest BCUT2D eigenvalue weighted by atomic mass is 9.98. The molecule has 1 atom stereocenters. The van der Waals surface area contributed by atoms with Crippen LogP contribution in [0.3, 0.4) is 0 Å². The summed E-state index contributed by atoms with van der Waals surface area (Å²) in [6.45, 7) is 1.03. The van der Waals surface area contributed by atoms with Crippen LogP contribution in [0.25, 0.3) is 0 Å².